The molecule has 1 aliphatic rings. The van der Waals surface area contributed by atoms with Crippen LogP contribution in [0.4, 0.5) is 0 Å². The number of Topliss-reactive ketones (excluding diaryl/α,β-unsaturated/α-hetero) is 1. The number of amides is 2. The van der Waals surface area contributed by atoms with Crippen molar-refractivity contribution in [2.75, 3.05) is 6.61 Å². The molecule has 0 saturated carbocycles. The first kappa shape index (κ1) is 20.2. The van der Waals surface area contributed by atoms with Crippen molar-refractivity contribution in [1.82, 2.24) is 10.6 Å². The van der Waals surface area contributed by atoms with Crippen molar-refractivity contribution in [2.45, 2.75) is 65.1 Å². The number of ketones is 1. The summed E-state index contributed by atoms with van der Waals surface area (Å²) < 4.78 is 10.3. The third-order valence-electron chi connectivity index (χ3n) is 4.98. The van der Waals surface area contributed by atoms with E-state index in [1.807, 2.05) is 27.7 Å². The molecule has 2 amide bonds. The summed E-state index contributed by atoms with van der Waals surface area (Å²) in [4.78, 5) is 37.2. The molecule has 26 heavy (non-hydrogen) atoms. The number of carbonyl (C=O) groups excluding carboxylic acids is 3. The van der Waals surface area contributed by atoms with Gasteiger partial charge in [-0.15, -0.1) is 0 Å². The van der Waals surface area contributed by atoms with Gasteiger partial charge in [0, 0.05) is 0 Å². The highest BCUT2D eigenvalue weighted by molar-refractivity contribution is 5.98. The number of hydrogen-bond acceptors (Lipinski definition) is 5. The fourth-order valence-electron chi connectivity index (χ4n) is 2.90. The molecule has 0 aromatic carbocycles. The summed E-state index contributed by atoms with van der Waals surface area (Å²) in [5.74, 6) is -0.891. The van der Waals surface area contributed by atoms with Gasteiger partial charge in [0.05, 0.1) is 17.9 Å². The van der Waals surface area contributed by atoms with Gasteiger partial charge in [-0.1, -0.05) is 34.1 Å². The molecule has 0 aliphatic carbocycles. The number of nitrogens with one attached hydrogen (secondary N) is 2. The summed E-state index contributed by atoms with van der Waals surface area (Å²) in [6.45, 7) is 8.02. The molecule has 1 aromatic heterocycles. The summed E-state index contributed by atoms with van der Waals surface area (Å²) in [6.07, 6.45) is 4.34. The summed E-state index contributed by atoms with van der Waals surface area (Å²) >= 11 is 0. The number of rotatable bonds is 8. The van der Waals surface area contributed by atoms with Crippen LogP contribution in [0.5, 0.6) is 0 Å². The highest BCUT2D eigenvalue weighted by atomic mass is 16.5. The van der Waals surface area contributed by atoms with Crippen LogP contribution < -0.4 is 10.6 Å². The largest absolute Gasteiger partial charge is 0.472 e. The minimum absolute atomic E-state index is 0.00987. The third kappa shape index (κ3) is 4.94. The van der Waals surface area contributed by atoms with Gasteiger partial charge in [-0.05, 0) is 24.3 Å². The first-order valence-electron chi connectivity index (χ1n) is 9.05. The van der Waals surface area contributed by atoms with Crippen molar-refractivity contribution in [3.8, 4) is 0 Å². The zero-order valence-electron chi connectivity index (χ0n) is 15.8. The van der Waals surface area contributed by atoms with Gasteiger partial charge in [0.1, 0.15) is 25.0 Å². The summed E-state index contributed by atoms with van der Waals surface area (Å²) in [6, 6.07) is 0.125. The monoisotopic (exact) mass is 364 g/mol. The zero-order chi connectivity index (χ0) is 19.3. The molecule has 1 fully saturated rings. The maximum absolute atomic E-state index is 12.8. The van der Waals surface area contributed by atoms with E-state index in [0.717, 1.165) is 6.42 Å². The quantitative estimate of drug-likeness (QED) is 0.736. The van der Waals surface area contributed by atoms with Crippen molar-refractivity contribution in [2.24, 2.45) is 5.41 Å². The molecular formula is C19H28N2O5. The molecule has 1 saturated heterocycles. The van der Waals surface area contributed by atoms with Gasteiger partial charge in [0.25, 0.3) is 5.91 Å². The SMILES string of the molecule is CCC1OCC(=O)C1NC(=O)C(CC(C)(C)CC)NC(=O)c1ccoc1. The van der Waals surface area contributed by atoms with Crippen LogP contribution in [0, 0.1) is 5.41 Å². The van der Waals surface area contributed by atoms with Crippen molar-refractivity contribution in [1.29, 1.82) is 0 Å². The van der Waals surface area contributed by atoms with Crippen LogP contribution in [0.3, 0.4) is 0 Å². The van der Waals surface area contributed by atoms with Gasteiger partial charge < -0.3 is 19.8 Å². The van der Waals surface area contributed by atoms with Crippen LogP contribution in [-0.2, 0) is 14.3 Å². The van der Waals surface area contributed by atoms with E-state index in [1.165, 1.54) is 18.6 Å². The molecule has 2 rings (SSSR count). The smallest absolute Gasteiger partial charge is 0.255 e. The number of ether oxygens (including phenoxy) is 1. The average molecular weight is 364 g/mol. The van der Waals surface area contributed by atoms with E-state index in [9.17, 15) is 14.4 Å². The summed E-state index contributed by atoms with van der Waals surface area (Å²) in [5.41, 5.74) is 0.204. The van der Waals surface area contributed by atoms with Crippen molar-refractivity contribution < 1.29 is 23.5 Å². The van der Waals surface area contributed by atoms with Crippen LogP contribution in [0.25, 0.3) is 0 Å². The number of carbonyl (C=O) groups is 3. The van der Waals surface area contributed by atoms with Gasteiger partial charge in [-0.3, -0.25) is 14.4 Å². The van der Waals surface area contributed by atoms with Gasteiger partial charge in [0.15, 0.2) is 5.78 Å². The second-order valence-corrected chi connectivity index (χ2v) is 7.47. The van der Waals surface area contributed by atoms with Crippen LogP contribution >= 0.6 is 0 Å². The Balaban J connectivity index is 2.12. The number of hydrogen-bond donors (Lipinski definition) is 2. The molecule has 1 aromatic rings. The minimum atomic E-state index is -0.752. The van der Waals surface area contributed by atoms with Crippen molar-refractivity contribution >= 4 is 17.6 Å². The first-order valence-corrected chi connectivity index (χ1v) is 9.05. The maximum atomic E-state index is 12.8. The Hall–Kier alpha value is -2.15. The maximum Gasteiger partial charge on any atom is 0.255 e. The van der Waals surface area contributed by atoms with Crippen LogP contribution in [0.1, 0.15) is 57.3 Å². The summed E-state index contributed by atoms with van der Waals surface area (Å²) in [7, 11) is 0. The highest BCUT2D eigenvalue weighted by Gasteiger charge is 2.38. The Morgan fingerprint density at radius 3 is 2.65 bits per heavy atom. The molecule has 0 radical (unpaired) electrons. The predicted molar refractivity (Wildman–Crippen MR) is 95.6 cm³/mol. The fraction of sp³-hybridized carbons (Fsp3) is 0.632. The Morgan fingerprint density at radius 2 is 2.08 bits per heavy atom. The van der Waals surface area contributed by atoms with E-state index < -0.39 is 12.1 Å². The van der Waals surface area contributed by atoms with E-state index in [-0.39, 0.29) is 35.7 Å². The number of furan rings is 1. The lowest BCUT2D eigenvalue weighted by Gasteiger charge is -2.29. The second-order valence-electron chi connectivity index (χ2n) is 7.47. The molecule has 0 spiro atoms. The lowest BCUT2D eigenvalue weighted by atomic mass is 9.83. The third-order valence-corrected chi connectivity index (χ3v) is 4.98. The zero-order valence-corrected chi connectivity index (χ0v) is 15.8. The Kier molecular flexibility index (Phi) is 6.58. The standard InChI is InChI=1S/C19H28N2O5/c1-5-15-16(14(22)11-26-15)21-18(24)13(9-19(3,4)6-2)20-17(23)12-7-8-25-10-12/h7-8,10,13,15-16H,5-6,9,11H2,1-4H3,(H,20,23)(H,21,24). The van der Waals surface area contributed by atoms with Gasteiger partial charge in [-0.2, -0.15) is 0 Å². The summed E-state index contributed by atoms with van der Waals surface area (Å²) in [5, 5.41) is 5.54. The van der Waals surface area contributed by atoms with Crippen LogP contribution in [0.2, 0.25) is 0 Å². The molecule has 144 valence electrons. The minimum Gasteiger partial charge on any atom is -0.472 e. The molecule has 3 atom stereocenters. The Labute approximate surface area is 153 Å². The van der Waals surface area contributed by atoms with E-state index >= 15 is 0 Å². The molecule has 7 heteroatoms. The average Bonchev–Trinajstić information content (AvgIpc) is 3.25. The first-order chi connectivity index (χ1) is 12.3. The van der Waals surface area contributed by atoms with E-state index in [4.69, 9.17) is 9.15 Å². The Bertz CT molecular complexity index is 638. The van der Waals surface area contributed by atoms with Crippen molar-refractivity contribution in [3.05, 3.63) is 24.2 Å². The molecule has 3 unspecified atom stereocenters. The highest BCUT2D eigenvalue weighted by Crippen LogP contribution is 2.26. The van der Waals surface area contributed by atoms with E-state index in [1.54, 1.807) is 0 Å². The van der Waals surface area contributed by atoms with Gasteiger partial charge in [0.2, 0.25) is 5.91 Å². The second kappa shape index (κ2) is 8.49. The van der Waals surface area contributed by atoms with Gasteiger partial charge >= 0.3 is 0 Å². The van der Waals surface area contributed by atoms with Gasteiger partial charge in [-0.25, -0.2) is 0 Å². The molecule has 2 heterocycles. The van der Waals surface area contributed by atoms with E-state index in [2.05, 4.69) is 10.6 Å². The molecule has 0 bridgehead atoms. The molecule has 1 aliphatic heterocycles. The molecule has 7 nitrogen and oxygen atoms in total. The van der Waals surface area contributed by atoms with Crippen LogP contribution in [0.15, 0.2) is 23.0 Å². The Morgan fingerprint density at radius 1 is 1.35 bits per heavy atom. The lowest BCUT2D eigenvalue weighted by Crippen LogP contribution is -2.54. The topological polar surface area (TPSA) is 97.6 Å². The molecule has 2 N–H and O–H groups in total. The normalized spacial score (nSPS) is 21.5. The van der Waals surface area contributed by atoms with Crippen LogP contribution in [-0.4, -0.2) is 42.4 Å². The lowest BCUT2D eigenvalue weighted by molar-refractivity contribution is -0.128. The molecular weight excluding hydrogens is 336 g/mol. The van der Waals surface area contributed by atoms with E-state index in [0.29, 0.717) is 18.4 Å². The predicted octanol–water partition coefficient (Wildman–Crippen LogP) is 2.07. The van der Waals surface area contributed by atoms with Crippen molar-refractivity contribution in [3.63, 3.8) is 0 Å². The fourth-order valence-corrected chi connectivity index (χ4v) is 2.90.